The van der Waals surface area contributed by atoms with E-state index in [4.69, 9.17) is 5.73 Å². The molecular weight excluding hydrogens is 162 g/mol. The summed E-state index contributed by atoms with van der Waals surface area (Å²) < 4.78 is 0. The second-order valence-electron chi connectivity index (χ2n) is 3.67. The largest absolute Gasteiger partial charge is 0.321 e. The van der Waals surface area contributed by atoms with Crippen LogP contribution in [0, 0.1) is 0 Å². The number of hydrogen-bond acceptors (Lipinski definition) is 2. The van der Waals surface area contributed by atoms with Gasteiger partial charge >= 0.3 is 0 Å². The van der Waals surface area contributed by atoms with E-state index in [0.29, 0.717) is 6.42 Å². The van der Waals surface area contributed by atoms with Gasteiger partial charge in [0.25, 0.3) is 0 Å². The Hall–Kier alpha value is -0.630. The number of Topliss-reactive ketones (excluding diaryl/α,β-unsaturated/α-hetero) is 1. The Bertz CT molecular complexity index is 175. The highest BCUT2D eigenvalue weighted by Crippen LogP contribution is 2.06. The van der Waals surface area contributed by atoms with E-state index in [1.807, 2.05) is 6.92 Å². The van der Waals surface area contributed by atoms with Crippen molar-refractivity contribution in [1.29, 1.82) is 0 Å². The predicted octanol–water partition coefficient (Wildman–Crippen LogP) is 2.43. The molecule has 0 aliphatic rings. The molecule has 76 valence electrons. The molecule has 0 heterocycles. The molecule has 1 unspecified atom stereocenters. The van der Waals surface area contributed by atoms with Crippen LogP contribution in [0.25, 0.3) is 0 Å². The molecule has 13 heavy (non-hydrogen) atoms. The lowest BCUT2D eigenvalue weighted by molar-refractivity contribution is -0.120. The minimum Gasteiger partial charge on any atom is -0.321 e. The molecule has 0 aliphatic carbocycles. The molecule has 0 spiro atoms. The van der Waals surface area contributed by atoms with Gasteiger partial charge in [-0.25, -0.2) is 0 Å². The summed E-state index contributed by atoms with van der Waals surface area (Å²) in [6.45, 7) is 7.82. The Kier molecular flexibility index (Phi) is 6.51. The van der Waals surface area contributed by atoms with Gasteiger partial charge < -0.3 is 5.73 Å². The van der Waals surface area contributed by atoms with Gasteiger partial charge in [-0.3, -0.25) is 4.79 Å². The van der Waals surface area contributed by atoms with Crippen LogP contribution < -0.4 is 5.73 Å². The number of ketones is 1. The summed E-state index contributed by atoms with van der Waals surface area (Å²) in [7, 11) is 0. The van der Waals surface area contributed by atoms with Crippen LogP contribution in [0.2, 0.25) is 0 Å². The zero-order valence-electron chi connectivity index (χ0n) is 8.81. The van der Waals surface area contributed by atoms with E-state index >= 15 is 0 Å². The number of unbranched alkanes of at least 4 members (excludes halogenated alkanes) is 1. The molecule has 0 aliphatic heterocycles. The first-order valence-electron chi connectivity index (χ1n) is 5.00. The smallest absolute Gasteiger partial charge is 0.149 e. The van der Waals surface area contributed by atoms with Crippen LogP contribution in [0.5, 0.6) is 0 Å². The lowest BCUT2D eigenvalue weighted by Gasteiger charge is -2.09. The Morgan fingerprint density at radius 3 is 2.54 bits per heavy atom. The maximum Gasteiger partial charge on any atom is 0.149 e. The number of allylic oxidation sites excluding steroid dienone is 1. The van der Waals surface area contributed by atoms with Crippen molar-refractivity contribution >= 4 is 5.78 Å². The summed E-state index contributed by atoms with van der Waals surface area (Å²) in [4.78, 5) is 11.4. The summed E-state index contributed by atoms with van der Waals surface area (Å²) in [5.74, 6) is 0.197. The quantitative estimate of drug-likeness (QED) is 0.616. The van der Waals surface area contributed by atoms with E-state index in [1.165, 1.54) is 0 Å². The molecule has 0 fully saturated rings. The molecule has 0 aromatic carbocycles. The summed E-state index contributed by atoms with van der Waals surface area (Å²) in [6, 6.07) is -0.275. The molecule has 0 saturated carbocycles. The first-order valence-corrected chi connectivity index (χ1v) is 5.00. The minimum atomic E-state index is -0.275. The predicted molar refractivity (Wildman–Crippen MR) is 56.6 cm³/mol. The van der Waals surface area contributed by atoms with Gasteiger partial charge in [0, 0.05) is 6.42 Å². The molecule has 0 bridgehead atoms. The molecule has 2 N–H and O–H groups in total. The molecule has 0 amide bonds. The SMILES string of the molecule is C=C(C)CCC(N)C(=O)CCCC. The highest BCUT2D eigenvalue weighted by molar-refractivity contribution is 5.83. The third-order valence-electron chi connectivity index (χ3n) is 2.07. The van der Waals surface area contributed by atoms with Crippen LogP contribution in [0.4, 0.5) is 0 Å². The van der Waals surface area contributed by atoms with Crippen molar-refractivity contribution in [3.63, 3.8) is 0 Å². The molecule has 0 aromatic heterocycles. The van der Waals surface area contributed by atoms with E-state index in [9.17, 15) is 4.79 Å². The van der Waals surface area contributed by atoms with E-state index in [-0.39, 0.29) is 11.8 Å². The van der Waals surface area contributed by atoms with Crippen molar-refractivity contribution in [2.24, 2.45) is 5.73 Å². The average Bonchev–Trinajstić information content (AvgIpc) is 2.10. The van der Waals surface area contributed by atoms with Crippen molar-refractivity contribution < 1.29 is 4.79 Å². The van der Waals surface area contributed by atoms with Crippen LogP contribution in [0.3, 0.4) is 0 Å². The van der Waals surface area contributed by atoms with Crippen LogP contribution >= 0.6 is 0 Å². The fraction of sp³-hybridized carbons (Fsp3) is 0.727. The molecule has 0 rings (SSSR count). The Labute approximate surface area is 81.2 Å². The molecule has 2 heteroatoms. The van der Waals surface area contributed by atoms with Crippen molar-refractivity contribution in [2.75, 3.05) is 0 Å². The van der Waals surface area contributed by atoms with Crippen molar-refractivity contribution in [3.8, 4) is 0 Å². The summed E-state index contributed by atoms with van der Waals surface area (Å²) in [5.41, 5.74) is 6.81. The zero-order chi connectivity index (χ0) is 10.3. The fourth-order valence-corrected chi connectivity index (χ4v) is 1.10. The van der Waals surface area contributed by atoms with Crippen molar-refractivity contribution in [1.82, 2.24) is 0 Å². The van der Waals surface area contributed by atoms with Gasteiger partial charge in [0.1, 0.15) is 5.78 Å². The van der Waals surface area contributed by atoms with E-state index in [2.05, 4.69) is 13.5 Å². The maximum absolute atomic E-state index is 11.4. The lowest BCUT2D eigenvalue weighted by atomic mass is 10.0. The van der Waals surface area contributed by atoms with Crippen LogP contribution in [-0.2, 0) is 4.79 Å². The van der Waals surface area contributed by atoms with Gasteiger partial charge in [0.05, 0.1) is 6.04 Å². The zero-order valence-corrected chi connectivity index (χ0v) is 8.81. The number of rotatable bonds is 7. The van der Waals surface area contributed by atoms with Crippen molar-refractivity contribution in [3.05, 3.63) is 12.2 Å². The van der Waals surface area contributed by atoms with Gasteiger partial charge in [-0.1, -0.05) is 18.9 Å². The molecule has 1 atom stereocenters. The van der Waals surface area contributed by atoms with E-state index < -0.39 is 0 Å². The second kappa shape index (κ2) is 6.84. The molecule has 0 radical (unpaired) electrons. The van der Waals surface area contributed by atoms with Crippen molar-refractivity contribution in [2.45, 2.75) is 52.0 Å². The monoisotopic (exact) mass is 183 g/mol. The van der Waals surface area contributed by atoms with Gasteiger partial charge in [0.2, 0.25) is 0 Å². The highest BCUT2D eigenvalue weighted by atomic mass is 16.1. The van der Waals surface area contributed by atoms with Gasteiger partial charge in [-0.2, -0.15) is 0 Å². The number of nitrogens with two attached hydrogens (primary N) is 1. The molecular formula is C11H21NO. The van der Waals surface area contributed by atoms with Crippen LogP contribution in [-0.4, -0.2) is 11.8 Å². The molecule has 0 saturated heterocycles. The summed E-state index contributed by atoms with van der Waals surface area (Å²) >= 11 is 0. The third-order valence-corrected chi connectivity index (χ3v) is 2.07. The minimum absolute atomic E-state index is 0.197. The molecule has 2 nitrogen and oxygen atoms in total. The lowest BCUT2D eigenvalue weighted by Crippen LogP contribution is -2.30. The van der Waals surface area contributed by atoms with E-state index in [1.54, 1.807) is 0 Å². The standard InChI is InChI=1S/C11H21NO/c1-4-5-6-11(13)10(12)8-7-9(2)3/h10H,2,4-8,12H2,1,3H3. The van der Waals surface area contributed by atoms with E-state index in [0.717, 1.165) is 31.3 Å². The summed E-state index contributed by atoms with van der Waals surface area (Å²) in [5, 5.41) is 0. The number of carbonyl (C=O) groups is 1. The summed E-state index contributed by atoms with van der Waals surface area (Å²) in [6.07, 6.45) is 4.25. The Morgan fingerprint density at radius 2 is 2.08 bits per heavy atom. The van der Waals surface area contributed by atoms with Gasteiger partial charge in [0.15, 0.2) is 0 Å². The first-order chi connectivity index (χ1) is 6.07. The van der Waals surface area contributed by atoms with Crippen LogP contribution in [0.15, 0.2) is 12.2 Å². The highest BCUT2D eigenvalue weighted by Gasteiger charge is 2.11. The molecule has 0 aromatic rings. The number of hydrogen-bond donors (Lipinski definition) is 1. The number of carbonyl (C=O) groups excluding carboxylic acids is 1. The normalized spacial score (nSPS) is 12.5. The Morgan fingerprint density at radius 1 is 1.46 bits per heavy atom. The fourth-order valence-electron chi connectivity index (χ4n) is 1.10. The van der Waals surface area contributed by atoms with Crippen LogP contribution in [0.1, 0.15) is 46.0 Å². The third kappa shape index (κ3) is 6.52. The van der Waals surface area contributed by atoms with Gasteiger partial charge in [-0.15, -0.1) is 6.58 Å². The Balaban J connectivity index is 3.62. The maximum atomic E-state index is 11.4. The average molecular weight is 183 g/mol. The topological polar surface area (TPSA) is 43.1 Å². The van der Waals surface area contributed by atoms with Gasteiger partial charge in [-0.05, 0) is 26.2 Å². The first kappa shape index (κ1) is 12.4. The second-order valence-corrected chi connectivity index (χ2v) is 3.67.